The van der Waals surface area contributed by atoms with Crippen molar-refractivity contribution in [3.63, 3.8) is 0 Å². The van der Waals surface area contributed by atoms with E-state index in [-0.39, 0.29) is 12.2 Å². The Bertz CT molecular complexity index is 1210. The van der Waals surface area contributed by atoms with Crippen LogP contribution in [-0.4, -0.2) is 50.1 Å². The minimum Gasteiger partial charge on any atom is -0.372 e. The van der Waals surface area contributed by atoms with Gasteiger partial charge in [0.15, 0.2) is 11.3 Å². The van der Waals surface area contributed by atoms with E-state index in [2.05, 4.69) is 40.0 Å². The van der Waals surface area contributed by atoms with Gasteiger partial charge in [0, 0.05) is 24.0 Å². The molecule has 0 amide bonds. The number of aromatic amines is 1. The molecule has 4 aromatic rings. The monoisotopic (exact) mass is 373 g/mol. The van der Waals surface area contributed by atoms with Crippen molar-refractivity contribution in [1.29, 1.82) is 5.26 Å². The second kappa shape index (κ2) is 6.32. The lowest BCUT2D eigenvalue weighted by atomic mass is 10.1. The number of morpholine rings is 1. The first-order chi connectivity index (χ1) is 13.6. The van der Waals surface area contributed by atoms with Crippen LogP contribution in [0, 0.1) is 11.3 Å². The molecule has 1 aromatic carbocycles. The molecule has 2 atom stereocenters. The maximum atomic E-state index is 9.26. The lowest BCUT2D eigenvalue weighted by Crippen LogP contribution is -2.46. The van der Waals surface area contributed by atoms with Gasteiger partial charge in [-0.3, -0.25) is 5.10 Å². The maximum Gasteiger partial charge on any atom is 0.170 e. The van der Waals surface area contributed by atoms with Crippen LogP contribution in [0.3, 0.4) is 0 Å². The van der Waals surface area contributed by atoms with Crippen molar-refractivity contribution >= 4 is 22.4 Å². The molecule has 28 heavy (non-hydrogen) atoms. The average molecular weight is 373 g/mol. The Morgan fingerprint density at radius 1 is 1.18 bits per heavy atom. The highest BCUT2D eigenvalue weighted by Crippen LogP contribution is 2.27. The van der Waals surface area contributed by atoms with Gasteiger partial charge in [-0.1, -0.05) is 6.07 Å². The number of hydrogen-bond acceptors (Lipinski definition) is 6. The van der Waals surface area contributed by atoms with Crippen LogP contribution >= 0.6 is 0 Å². The number of aromatic nitrogens is 5. The Hall–Kier alpha value is -3.44. The topological polar surface area (TPSA) is 95.1 Å². The molecule has 1 saturated heterocycles. The summed E-state index contributed by atoms with van der Waals surface area (Å²) in [4.78, 5) is 6.74. The molecule has 8 heteroatoms. The molecule has 3 aromatic heterocycles. The van der Waals surface area contributed by atoms with Gasteiger partial charge in [-0.2, -0.15) is 10.4 Å². The van der Waals surface area contributed by atoms with Crippen LogP contribution in [0.5, 0.6) is 0 Å². The number of nitriles is 1. The fraction of sp³-hybridized carbons (Fsp3) is 0.300. The SMILES string of the molecule is C[C@@H]1CN(c2ccc3ncc(-c4ccc5[nH]nc(C#N)c5c4)n3n2)C[C@H](C)O1. The summed E-state index contributed by atoms with van der Waals surface area (Å²) >= 11 is 0. The van der Waals surface area contributed by atoms with Crippen molar-refractivity contribution in [3.05, 3.63) is 42.2 Å². The molecule has 1 aliphatic heterocycles. The first-order valence-corrected chi connectivity index (χ1v) is 9.26. The van der Waals surface area contributed by atoms with E-state index < -0.39 is 0 Å². The summed E-state index contributed by atoms with van der Waals surface area (Å²) in [5.74, 6) is 0.899. The van der Waals surface area contributed by atoms with Gasteiger partial charge < -0.3 is 9.64 Å². The van der Waals surface area contributed by atoms with E-state index in [1.165, 1.54) is 0 Å². The predicted molar refractivity (Wildman–Crippen MR) is 105 cm³/mol. The summed E-state index contributed by atoms with van der Waals surface area (Å²) in [6, 6.07) is 12.0. The quantitative estimate of drug-likeness (QED) is 0.580. The second-order valence-corrected chi connectivity index (χ2v) is 7.21. The lowest BCUT2D eigenvalue weighted by Gasteiger charge is -2.35. The molecule has 1 N–H and O–H groups in total. The molecular weight excluding hydrogens is 354 g/mol. The summed E-state index contributed by atoms with van der Waals surface area (Å²) in [6.45, 7) is 5.77. The van der Waals surface area contributed by atoms with Crippen LogP contribution in [0.25, 0.3) is 27.8 Å². The minimum absolute atomic E-state index is 0.163. The first kappa shape index (κ1) is 16.7. The third-order valence-electron chi connectivity index (χ3n) is 5.06. The minimum atomic E-state index is 0.163. The molecule has 0 radical (unpaired) electrons. The summed E-state index contributed by atoms with van der Waals surface area (Å²) < 4.78 is 7.69. The van der Waals surface area contributed by atoms with E-state index in [0.717, 1.165) is 46.7 Å². The molecule has 0 aliphatic carbocycles. The number of imidazole rings is 1. The molecule has 5 rings (SSSR count). The van der Waals surface area contributed by atoms with E-state index in [0.29, 0.717) is 5.69 Å². The molecule has 1 fully saturated rings. The Balaban J connectivity index is 1.60. The van der Waals surface area contributed by atoms with Gasteiger partial charge in [0.05, 0.1) is 29.6 Å². The van der Waals surface area contributed by atoms with Crippen molar-refractivity contribution in [1.82, 2.24) is 24.8 Å². The zero-order valence-electron chi connectivity index (χ0n) is 15.6. The van der Waals surface area contributed by atoms with Crippen LogP contribution < -0.4 is 4.90 Å². The fourth-order valence-electron chi connectivity index (χ4n) is 3.85. The van der Waals surface area contributed by atoms with Crippen molar-refractivity contribution in [2.45, 2.75) is 26.1 Å². The molecule has 0 bridgehead atoms. The van der Waals surface area contributed by atoms with Crippen LogP contribution in [-0.2, 0) is 4.74 Å². The summed E-state index contributed by atoms with van der Waals surface area (Å²) in [5.41, 5.74) is 3.81. The maximum absolute atomic E-state index is 9.26. The molecule has 0 saturated carbocycles. The lowest BCUT2D eigenvalue weighted by molar-refractivity contribution is -0.00551. The van der Waals surface area contributed by atoms with Crippen molar-refractivity contribution in [2.24, 2.45) is 0 Å². The zero-order valence-corrected chi connectivity index (χ0v) is 15.6. The van der Waals surface area contributed by atoms with Crippen molar-refractivity contribution in [3.8, 4) is 17.3 Å². The third kappa shape index (κ3) is 2.68. The van der Waals surface area contributed by atoms with E-state index in [1.807, 2.05) is 41.0 Å². The highest BCUT2D eigenvalue weighted by atomic mass is 16.5. The molecule has 0 spiro atoms. The van der Waals surface area contributed by atoms with E-state index in [4.69, 9.17) is 9.84 Å². The standard InChI is InChI=1S/C20H19N7O/c1-12-10-26(11-13(2)28-12)20-6-5-19-22-9-18(27(19)25-20)14-3-4-16-15(7-14)17(8-21)24-23-16/h3-7,9,12-13H,10-11H2,1-2H3,(H,23,24)/t12-,13+. The zero-order chi connectivity index (χ0) is 19.3. The average Bonchev–Trinajstić information content (AvgIpc) is 3.29. The van der Waals surface area contributed by atoms with Crippen molar-refractivity contribution < 1.29 is 4.74 Å². The number of anilines is 1. The number of H-pyrrole nitrogens is 1. The van der Waals surface area contributed by atoms with Gasteiger partial charge >= 0.3 is 0 Å². The number of nitrogens with one attached hydrogen (secondary N) is 1. The normalized spacial score (nSPS) is 20.0. The van der Waals surface area contributed by atoms with Crippen LogP contribution in [0.4, 0.5) is 5.82 Å². The number of nitrogens with zero attached hydrogens (tertiary/aromatic N) is 6. The molecule has 8 nitrogen and oxygen atoms in total. The molecule has 140 valence electrons. The van der Waals surface area contributed by atoms with E-state index in [1.54, 1.807) is 0 Å². The van der Waals surface area contributed by atoms with Crippen LogP contribution in [0.15, 0.2) is 36.5 Å². The molecule has 1 aliphatic rings. The van der Waals surface area contributed by atoms with Crippen LogP contribution in [0.1, 0.15) is 19.5 Å². The van der Waals surface area contributed by atoms with Gasteiger partial charge in [0.2, 0.25) is 0 Å². The Kier molecular flexibility index (Phi) is 3.77. The third-order valence-corrected chi connectivity index (χ3v) is 5.06. The number of ether oxygens (including phenoxy) is 1. The highest BCUT2D eigenvalue weighted by molar-refractivity contribution is 5.88. The van der Waals surface area contributed by atoms with E-state index >= 15 is 0 Å². The smallest absolute Gasteiger partial charge is 0.170 e. The highest BCUT2D eigenvalue weighted by Gasteiger charge is 2.24. The summed E-state index contributed by atoms with van der Waals surface area (Å²) in [6.07, 6.45) is 2.14. The van der Waals surface area contributed by atoms with Gasteiger partial charge in [-0.05, 0) is 38.1 Å². The molecule has 0 unspecified atom stereocenters. The second-order valence-electron chi connectivity index (χ2n) is 7.21. The largest absolute Gasteiger partial charge is 0.372 e. The van der Waals surface area contributed by atoms with E-state index in [9.17, 15) is 5.26 Å². The van der Waals surface area contributed by atoms with Gasteiger partial charge in [-0.25, -0.2) is 9.50 Å². The summed E-state index contributed by atoms with van der Waals surface area (Å²) in [7, 11) is 0. The predicted octanol–water partition coefficient (Wildman–Crippen LogP) is 2.76. The number of benzene rings is 1. The molecule has 4 heterocycles. The Morgan fingerprint density at radius 3 is 2.79 bits per heavy atom. The number of hydrogen-bond donors (Lipinski definition) is 1. The van der Waals surface area contributed by atoms with Gasteiger partial charge in [0.25, 0.3) is 0 Å². The fourth-order valence-corrected chi connectivity index (χ4v) is 3.85. The van der Waals surface area contributed by atoms with Gasteiger partial charge in [-0.15, -0.1) is 5.10 Å². The summed E-state index contributed by atoms with van der Waals surface area (Å²) in [5, 5.41) is 21.8. The van der Waals surface area contributed by atoms with Crippen LogP contribution in [0.2, 0.25) is 0 Å². The molecular formula is C20H19N7O. The van der Waals surface area contributed by atoms with Gasteiger partial charge in [0.1, 0.15) is 11.9 Å². The Labute approximate surface area is 161 Å². The van der Waals surface area contributed by atoms with Crippen molar-refractivity contribution in [2.75, 3.05) is 18.0 Å². The first-order valence-electron chi connectivity index (χ1n) is 9.26. The number of rotatable bonds is 2. The number of fused-ring (bicyclic) bond motifs is 2. The Morgan fingerprint density at radius 2 is 2.00 bits per heavy atom.